The summed E-state index contributed by atoms with van der Waals surface area (Å²) in [4.78, 5) is 30.2. The highest BCUT2D eigenvalue weighted by Gasteiger charge is 2.14. The molecule has 0 amide bonds. The fourth-order valence-corrected chi connectivity index (χ4v) is 2.90. The maximum Gasteiger partial charge on any atom is 0.336 e. The van der Waals surface area contributed by atoms with Crippen molar-refractivity contribution in [2.24, 2.45) is 4.99 Å². The van der Waals surface area contributed by atoms with Crippen LogP contribution < -0.4 is 11.2 Å². The van der Waals surface area contributed by atoms with E-state index in [1.807, 2.05) is 13.8 Å². The van der Waals surface area contributed by atoms with Crippen LogP contribution in [0.5, 0.6) is 5.88 Å². The van der Waals surface area contributed by atoms with Gasteiger partial charge in [-0.3, -0.25) is 19.3 Å². The number of nitrogens with zero attached hydrogens (tertiary/aromatic N) is 2. The molecule has 3 rings (SSSR count). The summed E-state index contributed by atoms with van der Waals surface area (Å²) < 4.78 is 6.73. The lowest BCUT2D eigenvalue weighted by Gasteiger charge is -2.16. The summed E-state index contributed by atoms with van der Waals surface area (Å²) >= 11 is 5.14. The first-order valence-corrected chi connectivity index (χ1v) is 8.47. The second kappa shape index (κ2) is 7.09. The Morgan fingerprint density at radius 2 is 2.12 bits per heavy atom. The predicted octanol–water partition coefficient (Wildman–Crippen LogP) is 3.44. The smallest absolute Gasteiger partial charge is 0.336 e. The first-order chi connectivity index (χ1) is 12.4. The minimum Gasteiger partial charge on any atom is -0.494 e. The average molecular weight is 371 g/mol. The summed E-state index contributed by atoms with van der Waals surface area (Å²) in [6, 6.07) is 7.87. The number of H-pyrrole nitrogens is 1. The summed E-state index contributed by atoms with van der Waals surface area (Å²) in [6.07, 6.45) is 2.03. The van der Waals surface area contributed by atoms with Crippen LogP contribution in [0.25, 0.3) is 11.0 Å². The second-order valence-electron chi connectivity index (χ2n) is 5.86. The normalized spacial score (nSPS) is 12.7. The molecule has 7 nitrogen and oxygen atoms in total. The number of aromatic nitrogens is 2. The van der Waals surface area contributed by atoms with Gasteiger partial charge >= 0.3 is 5.63 Å². The molecule has 26 heavy (non-hydrogen) atoms. The second-order valence-corrected chi connectivity index (χ2v) is 6.25. The van der Waals surface area contributed by atoms with Crippen LogP contribution in [0.15, 0.2) is 49.3 Å². The number of benzene rings is 1. The maximum atomic E-state index is 12.2. The quantitative estimate of drug-likeness (QED) is 0.416. The van der Waals surface area contributed by atoms with E-state index in [0.717, 1.165) is 6.42 Å². The third kappa shape index (κ3) is 3.36. The number of rotatable bonds is 4. The summed E-state index contributed by atoms with van der Waals surface area (Å²) in [7, 11) is 0. The molecule has 1 atom stereocenters. The van der Waals surface area contributed by atoms with Crippen LogP contribution in [-0.2, 0) is 0 Å². The fourth-order valence-electron chi connectivity index (χ4n) is 2.54. The Kier molecular flexibility index (Phi) is 4.85. The van der Waals surface area contributed by atoms with Crippen molar-refractivity contribution in [3.8, 4) is 5.88 Å². The molecule has 0 unspecified atom stereocenters. The number of aromatic amines is 1. The lowest BCUT2D eigenvalue weighted by molar-refractivity contribution is 0.371. The Balaban J connectivity index is 2.06. The van der Waals surface area contributed by atoms with E-state index in [1.54, 1.807) is 24.3 Å². The highest BCUT2D eigenvalue weighted by Crippen LogP contribution is 2.22. The summed E-state index contributed by atoms with van der Waals surface area (Å²) in [5, 5.41) is 11.2. The number of aromatic hydroxyl groups is 1. The first-order valence-electron chi connectivity index (χ1n) is 8.06. The van der Waals surface area contributed by atoms with Crippen molar-refractivity contribution >= 4 is 35.1 Å². The molecule has 0 spiro atoms. The third-order valence-corrected chi connectivity index (χ3v) is 4.43. The van der Waals surface area contributed by atoms with Gasteiger partial charge in [0.15, 0.2) is 4.77 Å². The van der Waals surface area contributed by atoms with Crippen LogP contribution in [-0.4, -0.2) is 20.9 Å². The molecule has 0 aliphatic heterocycles. The largest absolute Gasteiger partial charge is 0.494 e. The van der Waals surface area contributed by atoms with Crippen LogP contribution in [0.1, 0.15) is 31.9 Å². The molecule has 2 aromatic heterocycles. The molecule has 8 heteroatoms. The molecule has 2 heterocycles. The van der Waals surface area contributed by atoms with Gasteiger partial charge in [0, 0.05) is 23.7 Å². The van der Waals surface area contributed by atoms with E-state index in [-0.39, 0.29) is 22.3 Å². The van der Waals surface area contributed by atoms with Gasteiger partial charge in [0.25, 0.3) is 5.56 Å². The zero-order chi connectivity index (χ0) is 18.8. The van der Waals surface area contributed by atoms with Crippen molar-refractivity contribution in [1.29, 1.82) is 0 Å². The lowest BCUT2D eigenvalue weighted by Crippen LogP contribution is -2.20. The Hall–Kier alpha value is -3.00. The van der Waals surface area contributed by atoms with Crippen LogP contribution >= 0.6 is 12.2 Å². The van der Waals surface area contributed by atoms with Crippen molar-refractivity contribution < 1.29 is 9.52 Å². The monoisotopic (exact) mass is 371 g/mol. The van der Waals surface area contributed by atoms with Gasteiger partial charge in [0.2, 0.25) is 5.88 Å². The summed E-state index contributed by atoms with van der Waals surface area (Å²) in [5.41, 5.74) is 0.0786. The number of hydrogen-bond donors (Lipinski definition) is 2. The van der Waals surface area contributed by atoms with Crippen LogP contribution in [0.3, 0.4) is 0 Å². The zero-order valence-corrected chi connectivity index (χ0v) is 15.0. The fraction of sp³-hybridized carbons (Fsp3) is 0.222. The third-order valence-electron chi connectivity index (χ3n) is 4.13. The Morgan fingerprint density at radius 3 is 2.85 bits per heavy atom. The van der Waals surface area contributed by atoms with Crippen LogP contribution in [0.4, 0.5) is 5.69 Å². The Bertz CT molecular complexity index is 1170. The van der Waals surface area contributed by atoms with E-state index in [1.165, 1.54) is 16.8 Å². The van der Waals surface area contributed by atoms with E-state index in [0.29, 0.717) is 16.7 Å². The highest BCUT2D eigenvalue weighted by molar-refractivity contribution is 7.71. The number of fused-ring (bicyclic) bond motifs is 1. The van der Waals surface area contributed by atoms with Crippen molar-refractivity contribution in [3.63, 3.8) is 0 Å². The van der Waals surface area contributed by atoms with E-state index in [2.05, 4.69) is 9.98 Å². The van der Waals surface area contributed by atoms with Gasteiger partial charge in [-0.25, -0.2) is 4.79 Å². The molecule has 2 N–H and O–H groups in total. The predicted molar refractivity (Wildman–Crippen MR) is 102 cm³/mol. The van der Waals surface area contributed by atoms with E-state index in [4.69, 9.17) is 16.6 Å². The molecular weight excluding hydrogens is 354 g/mol. The molecule has 0 saturated carbocycles. The van der Waals surface area contributed by atoms with Gasteiger partial charge in [0.1, 0.15) is 11.1 Å². The van der Waals surface area contributed by atoms with Gasteiger partial charge < -0.3 is 9.52 Å². The average Bonchev–Trinajstić information content (AvgIpc) is 2.61. The van der Waals surface area contributed by atoms with Gasteiger partial charge in [-0.05, 0) is 49.8 Å². The molecule has 0 saturated heterocycles. The summed E-state index contributed by atoms with van der Waals surface area (Å²) in [6.45, 7) is 3.85. The van der Waals surface area contributed by atoms with Crippen molar-refractivity contribution in [1.82, 2.24) is 9.55 Å². The maximum absolute atomic E-state index is 12.2. The van der Waals surface area contributed by atoms with Crippen molar-refractivity contribution in [2.75, 3.05) is 0 Å². The van der Waals surface area contributed by atoms with Crippen LogP contribution in [0.2, 0.25) is 0 Å². The van der Waals surface area contributed by atoms with Gasteiger partial charge in [-0.15, -0.1) is 0 Å². The van der Waals surface area contributed by atoms with E-state index in [9.17, 15) is 14.7 Å². The zero-order valence-electron chi connectivity index (χ0n) is 14.2. The molecule has 0 fully saturated rings. The minimum absolute atomic E-state index is 0.0265. The number of hydrogen-bond acceptors (Lipinski definition) is 6. The van der Waals surface area contributed by atoms with E-state index < -0.39 is 11.2 Å². The molecule has 1 aromatic carbocycles. The van der Waals surface area contributed by atoms with Gasteiger partial charge in [0.05, 0.1) is 5.69 Å². The molecule has 0 radical (unpaired) electrons. The lowest BCUT2D eigenvalue weighted by atomic mass is 10.2. The topological polar surface area (TPSA) is 101 Å². The summed E-state index contributed by atoms with van der Waals surface area (Å²) in [5.74, 6) is -0.219. The molecule has 0 bridgehead atoms. The standard InChI is InChI=1S/C18H17N3O4S/c1-3-10(2)21-17(24)13(16(23)20-18(21)26)9-19-12-5-6-14-11(8-12)4-7-15(22)25-14/h4-10,24H,3H2,1-2H3,(H,20,23,26)/t10-/m1/s1. The Labute approximate surface area is 153 Å². The molecule has 3 aromatic rings. The molecular formula is C18H17N3O4S. The van der Waals surface area contributed by atoms with E-state index >= 15 is 0 Å². The number of nitrogens with one attached hydrogen (secondary N) is 1. The van der Waals surface area contributed by atoms with Gasteiger partial charge in [-0.1, -0.05) is 6.92 Å². The minimum atomic E-state index is -0.511. The Morgan fingerprint density at radius 1 is 1.35 bits per heavy atom. The van der Waals surface area contributed by atoms with Crippen molar-refractivity contribution in [3.05, 3.63) is 61.4 Å². The molecule has 134 valence electrons. The van der Waals surface area contributed by atoms with Gasteiger partial charge in [-0.2, -0.15) is 0 Å². The first kappa shape index (κ1) is 17.8. The molecule has 0 aliphatic rings. The highest BCUT2D eigenvalue weighted by atomic mass is 32.1. The molecule has 0 aliphatic carbocycles. The van der Waals surface area contributed by atoms with Crippen LogP contribution in [0, 0.1) is 4.77 Å². The SMILES string of the molecule is CC[C@@H](C)n1c(O)c(C=Nc2ccc3oc(=O)ccc3c2)c(=O)[nH]c1=S. The van der Waals surface area contributed by atoms with Crippen molar-refractivity contribution in [2.45, 2.75) is 26.3 Å². The number of aliphatic imine (C=N–C) groups is 1.